The minimum atomic E-state index is -1.11. The first kappa shape index (κ1) is 27.3. The molecule has 0 spiro atoms. The second-order valence-corrected chi connectivity index (χ2v) is 9.38. The number of aldehydes is 1. The Morgan fingerprint density at radius 3 is 2.47 bits per heavy atom. The Hall–Kier alpha value is -2.91. The van der Waals surface area contributed by atoms with Gasteiger partial charge < -0.3 is 24.4 Å². The number of allylic oxidation sites excluding steroid dienone is 3. The van der Waals surface area contributed by atoms with E-state index in [0.717, 1.165) is 55.5 Å². The zero-order valence-electron chi connectivity index (χ0n) is 20.2. The number of likely N-dealkylation sites (N-methyl/N-ethyl adjacent to an activating group) is 1. The van der Waals surface area contributed by atoms with Crippen LogP contribution in [0.3, 0.4) is 0 Å². The second kappa shape index (κ2) is 13.7. The maximum Gasteiger partial charge on any atom is 0.303 e. The van der Waals surface area contributed by atoms with Crippen molar-refractivity contribution in [2.24, 2.45) is 0 Å². The van der Waals surface area contributed by atoms with E-state index in [1.807, 2.05) is 31.2 Å². The number of fused-ring (bicyclic) bond motifs is 1. The summed E-state index contributed by atoms with van der Waals surface area (Å²) in [6, 6.07) is 6.23. The predicted octanol–water partition coefficient (Wildman–Crippen LogP) is 2.99. The molecule has 1 N–H and O–H groups in total. The highest BCUT2D eigenvalue weighted by Gasteiger charge is 2.24. The Balaban J connectivity index is 0.000000509. The van der Waals surface area contributed by atoms with E-state index in [9.17, 15) is 13.8 Å². The molecule has 0 aliphatic carbocycles. The molecule has 8 nitrogen and oxygen atoms in total. The molecule has 2 heterocycles. The van der Waals surface area contributed by atoms with Crippen molar-refractivity contribution in [1.29, 1.82) is 0 Å². The van der Waals surface area contributed by atoms with E-state index in [-0.39, 0.29) is 12.8 Å². The fourth-order valence-electron chi connectivity index (χ4n) is 3.78. The molecule has 2 aliphatic heterocycles. The van der Waals surface area contributed by atoms with Gasteiger partial charge in [0.15, 0.2) is 0 Å². The van der Waals surface area contributed by atoms with Crippen molar-refractivity contribution in [2.45, 2.75) is 31.1 Å². The van der Waals surface area contributed by atoms with Gasteiger partial charge in [0.2, 0.25) is 0 Å². The number of rotatable bonds is 9. The Morgan fingerprint density at radius 1 is 1.24 bits per heavy atom. The molecule has 1 atom stereocenters. The largest absolute Gasteiger partial charge is 0.497 e. The first-order valence-corrected chi connectivity index (χ1v) is 12.4. The van der Waals surface area contributed by atoms with Gasteiger partial charge in [-0.05, 0) is 49.3 Å². The third kappa shape index (κ3) is 7.56. The number of ether oxygens (including phenoxy) is 1. The average Bonchev–Trinajstić information content (AvgIpc) is 3.23. The third-order valence-corrected chi connectivity index (χ3v) is 7.21. The van der Waals surface area contributed by atoms with Crippen molar-refractivity contribution in [3.05, 3.63) is 60.0 Å². The number of methoxy groups -OCH3 is 1. The zero-order chi connectivity index (χ0) is 25.1. The highest BCUT2D eigenvalue weighted by Crippen LogP contribution is 2.29. The van der Waals surface area contributed by atoms with Crippen LogP contribution in [0.1, 0.15) is 25.3 Å². The summed E-state index contributed by atoms with van der Waals surface area (Å²) in [4.78, 5) is 24.5. The summed E-state index contributed by atoms with van der Waals surface area (Å²) in [7, 11) is 2.66. The lowest BCUT2D eigenvalue weighted by Gasteiger charge is -2.35. The smallest absolute Gasteiger partial charge is 0.303 e. The fraction of sp³-hybridized carbons (Fsp3) is 0.440. The van der Waals surface area contributed by atoms with Crippen LogP contribution in [0, 0.1) is 0 Å². The Labute approximate surface area is 204 Å². The number of nitrogens with zero attached hydrogens (tertiary/aromatic N) is 3. The van der Waals surface area contributed by atoms with Gasteiger partial charge in [-0.2, -0.15) is 0 Å². The van der Waals surface area contributed by atoms with Crippen molar-refractivity contribution >= 4 is 28.9 Å². The molecule has 34 heavy (non-hydrogen) atoms. The van der Waals surface area contributed by atoms with Crippen molar-refractivity contribution < 1.29 is 23.6 Å². The van der Waals surface area contributed by atoms with E-state index in [1.165, 1.54) is 11.3 Å². The summed E-state index contributed by atoms with van der Waals surface area (Å²) >= 11 is 0. The molecule has 1 aromatic carbocycles. The van der Waals surface area contributed by atoms with Crippen LogP contribution >= 0.6 is 0 Å². The molecule has 0 saturated carbocycles. The molecule has 1 saturated heterocycles. The summed E-state index contributed by atoms with van der Waals surface area (Å²) < 4.78 is 20.4. The SMILES string of the molecule is C=C/C(=C\C(=C/C)OC)N1CCN(S(=O)c2ccc3c(c2)CCN3C)CC1.O=CCCC(=O)O. The van der Waals surface area contributed by atoms with Gasteiger partial charge in [0, 0.05) is 63.7 Å². The van der Waals surface area contributed by atoms with Crippen LogP contribution < -0.4 is 4.90 Å². The Kier molecular flexibility index (Phi) is 11.0. The molecular formula is C25H35N3O5S. The molecule has 1 fully saturated rings. The predicted molar refractivity (Wildman–Crippen MR) is 135 cm³/mol. The van der Waals surface area contributed by atoms with E-state index >= 15 is 0 Å². The number of aliphatic carboxylic acids is 1. The van der Waals surface area contributed by atoms with Crippen LogP contribution in [0.25, 0.3) is 0 Å². The zero-order valence-corrected chi connectivity index (χ0v) is 21.1. The Bertz CT molecular complexity index is 952. The van der Waals surface area contributed by atoms with E-state index in [1.54, 1.807) is 7.11 Å². The number of benzene rings is 1. The van der Waals surface area contributed by atoms with E-state index in [4.69, 9.17) is 9.84 Å². The Morgan fingerprint density at radius 2 is 1.94 bits per heavy atom. The van der Waals surface area contributed by atoms with E-state index in [0.29, 0.717) is 6.29 Å². The molecule has 2 aliphatic rings. The number of carbonyl (C=O) groups excluding carboxylic acids is 1. The topological polar surface area (TPSA) is 90.4 Å². The minimum absolute atomic E-state index is 0.0521. The molecule has 186 valence electrons. The summed E-state index contributed by atoms with van der Waals surface area (Å²) in [6.45, 7) is 10.1. The summed E-state index contributed by atoms with van der Waals surface area (Å²) in [5.74, 6) is -0.105. The number of carboxylic acid groups (broad SMARTS) is 1. The number of hydrogen-bond acceptors (Lipinski definition) is 6. The molecule has 1 aromatic rings. The first-order chi connectivity index (χ1) is 16.3. The van der Waals surface area contributed by atoms with Crippen LogP contribution in [0.2, 0.25) is 0 Å². The van der Waals surface area contributed by atoms with Crippen molar-refractivity contribution in [3.8, 4) is 0 Å². The van der Waals surface area contributed by atoms with Gasteiger partial charge in [-0.15, -0.1) is 0 Å². The summed E-state index contributed by atoms with van der Waals surface area (Å²) in [5.41, 5.74) is 3.60. The lowest BCUT2D eigenvalue weighted by atomic mass is 10.2. The van der Waals surface area contributed by atoms with Gasteiger partial charge in [-0.3, -0.25) is 4.79 Å². The monoisotopic (exact) mass is 489 g/mol. The van der Waals surface area contributed by atoms with E-state index < -0.39 is 17.0 Å². The minimum Gasteiger partial charge on any atom is -0.497 e. The molecule has 0 bridgehead atoms. The lowest BCUT2D eigenvalue weighted by molar-refractivity contribution is -0.137. The standard InChI is InChI=1S/C21H29N3O2S.C4H6O3/c1-5-18(16-19(6-2)26-4)23-11-13-24(14-12-23)27(25)20-7-8-21-17(15-20)9-10-22(21)3;5-3-1-2-4(6)7/h5-8,15-16H,1,9-14H2,2-4H3;3H,1-2H2,(H,6,7)/b18-16+,19-6+;. The van der Waals surface area contributed by atoms with Crippen LogP contribution in [0.4, 0.5) is 5.69 Å². The number of carbonyl (C=O) groups is 2. The molecule has 1 unspecified atom stereocenters. The van der Waals surface area contributed by atoms with Gasteiger partial charge in [0.25, 0.3) is 0 Å². The van der Waals surface area contributed by atoms with Crippen molar-refractivity contribution in [1.82, 2.24) is 9.21 Å². The van der Waals surface area contributed by atoms with Gasteiger partial charge >= 0.3 is 5.97 Å². The van der Waals surface area contributed by atoms with Gasteiger partial charge in [-0.1, -0.05) is 6.58 Å². The second-order valence-electron chi connectivity index (χ2n) is 7.89. The molecule has 0 aromatic heterocycles. The first-order valence-electron chi connectivity index (χ1n) is 11.3. The molecule has 3 rings (SSSR count). The normalized spacial score (nSPS) is 17.4. The summed E-state index contributed by atoms with van der Waals surface area (Å²) in [6.07, 6.45) is 7.47. The third-order valence-electron chi connectivity index (χ3n) is 5.71. The number of piperazine rings is 1. The fourth-order valence-corrected chi connectivity index (χ4v) is 5.00. The van der Waals surface area contributed by atoms with Crippen LogP contribution in [-0.4, -0.2) is 77.7 Å². The van der Waals surface area contributed by atoms with Gasteiger partial charge in [0.05, 0.1) is 18.4 Å². The summed E-state index contributed by atoms with van der Waals surface area (Å²) in [5, 5.41) is 7.89. The molecule has 0 amide bonds. The highest BCUT2D eigenvalue weighted by atomic mass is 32.2. The highest BCUT2D eigenvalue weighted by molar-refractivity contribution is 7.82. The quantitative estimate of drug-likeness (QED) is 0.324. The van der Waals surface area contributed by atoms with Crippen LogP contribution in [0.15, 0.2) is 59.4 Å². The van der Waals surface area contributed by atoms with Crippen molar-refractivity contribution in [2.75, 3.05) is 51.8 Å². The lowest BCUT2D eigenvalue weighted by Crippen LogP contribution is -2.46. The molecule has 9 heteroatoms. The maximum absolute atomic E-state index is 13.0. The van der Waals surface area contributed by atoms with Gasteiger partial charge in [0.1, 0.15) is 23.0 Å². The number of carboxylic acids is 1. The molecular weight excluding hydrogens is 454 g/mol. The van der Waals surface area contributed by atoms with Crippen molar-refractivity contribution in [3.63, 3.8) is 0 Å². The number of hydrogen-bond donors (Lipinski definition) is 1. The van der Waals surface area contributed by atoms with Gasteiger partial charge in [-0.25, -0.2) is 8.51 Å². The number of anilines is 1. The van der Waals surface area contributed by atoms with Crippen LogP contribution in [-0.2, 0) is 31.7 Å². The van der Waals surface area contributed by atoms with Crippen LogP contribution in [0.5, 0.6) is 0 Å². The van der Waals surface area contributed by atoms with E-state index in [2.05, 4.69) is 39.9 Å². The average molecular weight is 490 g/mol. The maximum atomic E-state index is 13.0. The molecule has 0 radical (unpaired) electrons.